The fourth-order valence-electron chi connectivity index (χ4n) is 3.08. The molecule has 0 aliphatic heterocycles. The lowest BCUT2D eigenvalue weighted by Crippen LogP contribution is -2.17. The standard InChI is InChI=1S/C18H17NO6S3/c1-10-13(17(20)21)8-9-14(16(10)27(3,22)23)19-28(24,25)18-11(2)12-6-4-5-7-15(12)26-18/h4-9,19H,1-3H3,(H,20,21). The molecule has 0 bridgehead atoms. The van der Waals surface area contributed by atoms with Crippen LogP contribution in [0.1, 0.15) is 21.5 Å². The van der Waals surface area contributed by atoms with Gasteiger partial charge in [-0.2, -0.15) is 0 Å². The summed E-state index contributed by atoms with van der Waals surface area (Å²) in [6.07, 6.45) is 0.906. The predicted octanol–water partition coefficient (Wildman–Crippen LogP) is 3.42. The van der Waals surface area contributed by atoms with Gasteiger partial charge in [0.25, 0.3) is 10.0 Å². The Balaban J connectivity index is 2.18. The van der Waals surface area contributed by atoms with E-state index in [9.17, 15) is 26.7 Å². The third kappa shape index (κ3) is 3.50. The first kappa shape index (κ1) is 20.3. The van der Waals surface area contributed by atoms with Crippen LogP contribution in [0.15, 0.2) is 45.5 Å². The Kier molecular flexibility index (Phi) is 4.98. The Morgan fingerprint density at radius 2 is 1.64 bits per heavy atom. The number of aryl methyl sites for hydroxylation is 1. The number of hydrogen-bond acceptors (Lipinski definition) is 6. The second-order valence-electron chi connectivity index (χ2n) is 6.31. The van der Waals surface area contributed by atoms with Crippen LogP contribution in [-0.4, -0.2) is 34.2 Å². The number of sulfone groups is 1. The number of nitrogens with one attached hydrogen (secondary N) is 1. The highest BCUT2D eigenvalue weighted by molar-refractivity contribution is 7.95. The predicted molar refractivity (Wildman–Crippen MR) is 109 cm³/mol. The summed E-state index contributed by atoms with van der Waals surface area (Å²) in [5.74, 6) is -1.29. The fourth-order valence-corrected chi connectivity index (χ4v) is 7.17. The summed E-state index contributed by atoms with van der Waals surface area (Å²) in [5, 5.41) is 10.0. The molecule has 0 saturated carbocycles. The molecule has 0 aliphatic rings. The maximum Gasteiger partial charge on any atom is 0.335 e. The van der Waals surface area contributed by atoms with Gasteiger partial charge in [0.1, 0.15) is 4.21 Å². The summed E-state index contributed by atoms with van der Waals surface area (Å²) in [6.45, 7) is 3.02. The number of thiophene rings is 1. The topological polar surface area (TPSA) is 118 Å². The first-order valence-corrected chi connectivity index (χ1v) is 12.2. The van der Waals surface area contributed by atoms with Crippen molar-refractivity contribution in [3.05, 3.63) is 53.1 Å². The summed E-state index contributed by atoms with van der Waals surface area (Å²) in [6, 6.07) is 9.57. The quantitative estimate of drug-likeness (QED) is 0.629. The van der Waals surface area contributed by atoms with Crippen LogP contribution in [0.5, 0.6) is 0 Å². The van der Waals surface area contributed by atoms with Gasteiger partial charge < -0.3 is 5.11 Å². The van der Waals surface area contributed by atoms with Crippen LogP contribution in [0, 0.1) is 13.8 Å². The lowest BCUT2D eigenvalue weighted by Gasteiger charge is -2.15. The van der Waals surface area contributed by atoms with E-state index in [0.717, 1.165) is 33.7 Å². The highest BCUT2D eigenvalue weighted by atomic mass is 32.2. The summed E-state index contributed by atoms with van der Waals surface area (Å²) < 4.78 is 53.7. The molecule has 0 unspecified atom stereocenters. The van der Waals surface area contributed by atoms with Gasteiger partial charge >= 0.3 is 5.97 Å². The van der Waals surface area contributed by atoms with E-state index >= 15 is 0 Å². The van der Waals surface area contributed by atoms with E-state index in [-0.39, 0.29) is 25.9 Å². The number of fused-ring (bicyclic) bond motifs is 1. The van der Waals surface area contributed by atoms with Gasteiger partial charge in [-0.3, -0.25) is 4.72 Å². The zero-order valence-electron chi connectivity index (χ0n) is 15.2. The molecule has 0 atom stereocenters. The van der Waals surface area contributed by atoms with E-state index in [1.54, 1.807) is 19.1 Å². The van der Waals surface area contributed by atoms with E-state index in [1.807, 2.05) is 12.1 Å². The Hall–Kier alpha value is -2.43. The number of hydrogen-bond donors (Lipinski definition) is 2. The van der Waals surface area contributed by atoms with E-state index in [0.29, 0.717) is 5.56 Å². The normalized spacial score (nSPS) is 12.2. The average Bonchev–Trinajstić information content (AvgIpc) is 2.91. The van der Waals surface area contributed by atoms with Gasteiger partial charge in [0.15, 0.2) is 9.84 Å². The number of carbonyl (C=O) groups is 1. The minimum atomic E-state index is -4.08. The van der Waals surface area contributed by atoms with E-state index in [1.165, 1.54) is 13.0 Å². The van der Waals surface area contributed by atoms with Crippen LogP contribution < -0.4 is 4.72 Å². The molecule has 148 valence electrons. The van der Waals surface area contributed by atoms with E-state index in [2.05, 4.69) is 4.72 Å². The van der Waals surface area contributed by atoms with Gasteiger partial charge in [-0.1, -0.05) is 18.2 Å². The van der Waals surface area contributed by atoms with Crippen molar-refractivity contribution in [3.8, 4) is 0 Å². The molecule has 2 aromatic carbocycles. The monoisotopic (exact) mass is 439 g/mol. The maximum atomic E-state index is 13.0. The number of carboxylic acid groups (broad SMARTS) is 1. The van der Waals surface area contributed by atoms with Crippen LogP contribution in [0.2, 0.25) is 0 Å². The molecule has 0 saturated heterocycles. The molecule has 28 heavy (non-hydrogen) atoms. The van der Waals surface area contributed by atoms with Crippen LogP contribution in [-0.2, 0) is 19.9 Å². The molecular formula is C18H17NO6S3. The molecule has 0 aliphatic carbocycles. The third-order valence-corrected chi connectivity index (χ3v) is 8.82. The lowest BCUT2D eigenvalue weighted by atomic mass is 10.1. The summed E-state index contributed by atoms with van der Waals surface area (Å²) >= 11 is 1.08. The Morgan fingerprint density at radius 1 is 1.00 bits per heavy atom. The zero-order valence-corrected chi connectivity index (χ0v) is 17.6. The molecule has 0 fully saturated rings. The highest BCUT2D eigenvalue weighted by Gasteiger charge is 2.27. The summed E-state index contributed by atoms with van der Waals surface area (Å²) in [7, 11) is -7.98. The lowest BCUT2D eigenvalue weighted by molar-refractivity contribution is 0.0696. The second-order valence-corrected chi connectivity index (χ2v) is 11.2. The first-order chi connectivity index (χ1) is 12.9. The minimum Gasteiger partial charge on any atom is -0.478 e. The van der Waals surface area contributed by atoms with E-state index in [4.69, 9.17) is 0 Å². The SMILES string of the molecule is Cc1c(C(=O)O)ccc(NS(=O)(=O)c2sc3ccccc3c2C)c1S(C)(=O)=O. The second kappa shape index (κ2) is 6.87. The van der Waals surface area contributed by atoms with E-state index < -0.39 is 25.8 Å². The molecule has 3 rings (SSSR count). The van der Waals surface area contributed by atoms with Crippen molar-refractivity contribution in [2.75, 3.05) is 11.0 Å². The van der Waals surface area contributed by atoms with Gasteiger partial charge in [-0.05, 0) is 48.6 Å². The number of benzene rings is 2. The van der Waals surface area contributed by atoms with Crippen molar-refractivity contribution in [2.24, 2.45) is 0 Å². The molecule has 0 amide bonds. The van der Waals surface area contributed by atoms with Gasteiger partial charge in [0.2, 0.25) is 0 Å². The smallest absolute Gasteiger partial charge is 0.335 e. The number of carboxylic acids is 1. The van der Waals surface area contributed by atoms with Crippen molar-refractivity contribution in [1.29, 1.82) is 0 Å². The highest BCUT2D eigenvalue weighted by Crippen LogP contribution is 2.36. The molecule has 2 N–H and O–H groups in total. The molecule has 0 radical (unpaired) electrons. The molecule has 3 aromatic rings. The summed E-state index contributed by atoms with van der Waals surface area (Å²) in [5.41, 5.74) is 0.152. The van der Waals surface area contributed by atoms with Gasteiger partial charge in [0.05, 0.1) is 16.1 Å². The van der Waals surface area contributed by atoms with Crippen molar-refractivity contribution >= 4 is 52.9 Å². The Bertz CT molecular complexity index is 1320. The average molecular weight is 440 g/mol. The van der Waals surface area contributed by atoms with Gasteiger partial charge in [0, 0.05) is 11.0 Å². The number of anilines is 1. The van der Waals surface area contributed by atoms with Crippen molar-refractivity contribution < 1.29 is 26.7 Å². The summed E-state index contributed by atoms with van der Waals surface area (Å²) in [4.78, 5) is 11.0. The van der Waals surface area contributed by atoms with Crippen LogP contribution in [0.4, 0.5) is 5.69 Å². The van der Waals surface area contributed by atoms with Gasteiger partial charge in [-0.15, -0.1) is 11.3 Å². The fraction of sp³-hybridized carbons (Fsp3) is 0.167. The first-order valence-electron chi connectivity index (χ1n) is 8.01. The Labute approximate surface area is 166 Å². The third-order valence-electron chi connectivity index (χ3n) is 4.30. The van der Waals surface area contributed by atoms with Crippen LogP contribution in [0.25, 0.3) is 10.1 Å². The number of rotatable bonds is 5. The van der Waals surface area contributed by atoms with Crippen molar-refractivity contribution in [2.45, 2.75) is 23.0 Å². The van der Waals surface area contributed by atoms with Crippen LogP contribution >= 0.6 is 11.3 Å². The van der Waals surface area contributed by atoms with Crippen LogP contribution in [0.3, 0.4) is 0 Å². The van der Waals surface area contributed by atoms with Crippen molar-refractivity contribution in [1.82, 2.24) is 0 Å². The number of aromatic carboxylic acids is 1. The molecule has 1 aromatic heterocycles. The number of sulfonamides is 1. The molecule has 1 heterocycles. The zero-order chi connectivity index (χ0) is 20.9. The Morgan fingerprint density at radius 3 is 2.21 bits per heavy atom. The largest absolute Gasteiger partial charge is 0.478 e. The van der Waals surface area contributed by atoms with Gasteiger partial charge in [-0.25, -0.2) is 21.6 Å². The van der Waals surface area contributed by atoms with Crippen molar-refractivity contribution in [3.63, 3.8) is 0 Å². The maximum absolute atomic E-state index is 13.0. The molecule has 7 nitrogen and oxygen atoms in total. The molecule has 10 heteroatoms. The molecule has 0 spiro atoms. The minimum absolute atomic E-state index is 0.0248. The molecular weight excluding hydrogens is 422 g/mol.